The molecule has 0 aliphatic carbocycles. The molecule has 3 aromatic carbocycles. The fraction of sp³-hybridized carbons (Fsp3) is 0.238. The summed E-state index contributed by atoms with van der Waals surface area (Å²) in [5, 5.41) is 2.58. The van der Waals surface area contributed by atoms with Gasteiger partial charge < -0.3 is 4.90 Å². The summed E-state index contributed by atoms with van der Waals surface area (Å²) in [5.74, 6) is 0. The van der Waals surface area contributed by atoms with Crippen molar-refractivity contribution < 1.29 is 0 Å². The molecule has 22 heavy (non-hydrogen) atoms. The minimum absolute atomic E-state index is 0.00373. The highest BCUT2D eigenvalue weighted by molar-refractivity contribution is 5.96. The predicted octanol–water partition coefficient (Wildman–Crippen LogP) is 6.08. The molecule has 0 unspecified atom stereocenters. The second kappa shape index (κ2) is 5.49. The molecule has 0 N–H and O–H groups in total. The first-order chi connectivity index (χ1) is 10.5. The summed E-state index contributed by atoms with van der Waals surface area (Å²) in [4.78, 5) is 2.45. The van der Waals surface area contributed by atoms with E-state index in [1.165, 1.54) is 27.7 Å². The van der Waals surface area contributed by atoms with E-state index in [2.05, 4.69) is 99.3 Å². The van der Waals surface area contributed by atoms with Gasteiger partial charge in [-0.1, -0.05) is 54.6 Å². The van der Waals surface area contributed by atoms with Gasteiger partial charge in [0.1, 0.15) is 0 Å². The van der Waals surface area contributed by atoms with Crippen LogP contribution in [-0.2, 0) is 0 Å². The Morgan fingerprint density at radius 3 is 2.00 bits per heavy atom. The third kappa shape index (κ3) is 2.59. The van der Waals surface area contributed by atoms with Gasteiger partial charge in [-0.05, 0) is 50.8 Å². The summed E-state index contributed by atoms with van der Waals surface area (Å²) < 4.78 is 0. The van der Waals surface area contributed by atoms with E-state index in [9.17, 15) is 0 Å². The van der Waals surface area contributed by atoms with Crippen molar-refractivity contribution in [3.8, 4) is 0 Å². The molecule has 0 amide bonds. The van der Waals surface area contributed by atoms with Crippen molar-refractivity contribution in [3.05, 3.63) is 72.3 Å². The molecule has 1 heteroatoms. The van der Waals surface area contributed by atoms with E-state index in [4.69, 9.17) is 0 Å². The minimum Gasteiger partial charge on any atom is -0.335 e. The Labute approximate surface area is 133 Å². The summed E-state index contributed by atoms with van der Waals surface area (Å²) >= 11 is 0. The summed E-state index contributed by atoms with van der Waals surface area (Å²) in [7, 11) is 0. The Bertz CT molecular complexity index is 791. The van der Waals surface area contributed by atoms with Crippen molar-refractivity contribution in [1.29, 1.82) is 0 Å². The van der Waals surface area contributed by atoms with Crippen LogP contribution in [0.3, 0.4) is 0 Å². The Balaban J connectivity index is 2.29. The van der Waals surface area contributed by atoms with E-state index in [1.807, 2.05) is 0 Å². The van der Waals surface area contributed by atoms with Gasteiger partial charge in [0.15, 0.2) is 0 Å². The molecule has 1 nitrogen and oxygen atoms in total. The predicted molar refractivity (Wildman–Crippen MR) is 97.0 cm³/mol. The third-order valence-corrected chi connectivity index (χ3v) is 4.03. The SMILES string of the molecule is Cc1ccccc1N(c1cccc2ccccc12)C(C)(C)C. The summed E-state index contributed by atoms with van der Waals surface area (Å²) in [6.45, 7) is 8.98. The van der Waals surface area contributed by atoms with Crippen LogP contribution in [0.1, 0.15) is 26.3 Å². The molecule has 0 saturated carbocycles. The number of para-hydroxylation sites is 1. The summed E-state index contributed by atoms with van der Waals surface area (Å²) in [5.41, 5.74) is 3.83. The lowest BCUT2D eigenvalue weighted by atomic mass is 9.98. The lowest BCUT2D eigenvalue weighted by Gasteiger charge is -2.39. The Kier molecular flexibility index (Phi) is 3.66. The van der Waals surface area contributed by atoms with Crippen LogP contribution in [0.4, 0.5) is 11.4 Å². The van der Waals surface area contributed by atoms with E-state index >= 15 is 0 Å². The van der Waals surface area contributed by atoms with Crippen LogP contribution >= 0.6 is 0 Å². The molecule has 0 aliphatic rings. The monoisotopic (exact) mass is 289 g/mol. The molecule has 3 rings (SSSR count). The molecular weight excluding hydrogens is 266 g/mol. The highest BCUT2D eigenvalue weighted by Crippen LogP contribution is 2.38. The number of aryl methyl sites for hydroxylation is 1. The molecule has 0 radical (unpaired) electrons. The average molecular weight is 289 g/mol. The molecule has 0 heterocycles. The van der Waals surface area contributed by atoms with Gasteiger partial charge >= 0.3 is 0 Å². The summed E-state index contributed by atoms with van der Waals surface area (Å²) in [6.07, 6.45) is 0. The van der Waals surface area contributed by atoms with Crippen LogP contribution in [-0.4, -0.2) is 5.54 Å². The lowest BCUT2D eigenvalue weighted by molar-refractivity contribution is 0.560. The molecule has 0 atom stereocenters. The second-order valence-corrected chi connectivity index (χ2v) is 6.79. The molecule has 112 valence electrons. The van der Waals surface area contributed by atoms with Crippen molar-refractivity contribution in [3.63, 3.8) is 0 Å². The van der Waals surface area contributed by atoms with E-state index in [0.717, 1.165) is 0 Å². The molecule has 0 aliphatic heterocycles. The zero-order valence-electron chi connectivity index (χ0n) is 13.8. The number of anilines is 2. The molecule has 0 bridgehead atoms. The van der Waals surface area contributed by atoms with Crippen LogP contribution in [0.2, 0.25) is 0 Å². The standard InChI is InChI=1S/C21H23N/c1-16-10-5-8-14-19(16)22(21(2,3)4)20-15-9-12-17-11-6-7-13-18(17)20/h5-15H,1-4H3. The maximum Gasteiger partial charge on any atom is 0.0495 e. The van der Waals surface area contributed by atoms with E-state index in [0.29, 0.717) is 0 Å². The fourth-order valence-corrected chi connectivity index (χ4v) is 3.07. The number of fused-ring (bicyclic) bond motifs is 1. The van der Waals surface area contributed by atoms with Gasteiger partial charge in [-0.15, -0.1) is 0 Å². The number of hydrogen-bond donors (Lipinski definition) is 0. The molecule has 0 spiro atoms. The Hall–Kier alpha value is -2.28. The van der Waals surface area contributed by atoms with E-state index in [-0.39, 0.29) is 5.54 Å². The lowest BCUT2D eigenvalue weighted by Crippen LogP contribution is -2.38. The van der Waals surface area contributed by atoms with Gasteiger partial charge in [0, 0.05) is 22.3 Å². The van der Waals surface area contributed by atoms with Gasteiger partial charge in [-0.25, -0.2) is 0 Å². The minimum atomic E-state index is -0.00373. The van der Waals surface area contributed by atoms with Crippen LogP contribution < -0.4 is 4.90 Å². The maximum atomic E-state index is 2.45. The number of hydrogen-bond acceptors (Lipinski definition) is 1. The highest BCUT2D eigenvalue weighted by Gasteiger charge is 2.25. The normalized spacial score (nSPS) is 11.6. The zero-order chi connectivity index (χ0) is 15.7. The van der Waals surface area contributed by atoms with Crippen molar-refractivity contribution in [2.45, 2.75) is 33.2 Å². The van der Waals surface area contributed by atoms with Gasteiger partial charge in [0.25, 0.3) is 0 Å². The average Bonchev–Trinajstić information content (AvgIpc) is 2.48. The van der Waals surface area contributed by atoms with Crippen LogP contribution in [0.5, 0.6) is 0 Å². The highest BCUT2D eigenvalue weighted by atomic mass is 15.2. The fourth-order valence-electron chi connectivity index (χ4n) is 3.07. The first-order valence-electron chi connectivity index (χ1n) is 7.82. The van der Waals surface area contributed by atoms with E-state index < -0.39 is 0 Å². The third-order valence-electron chi connectivity index (χ3n) is 4.03. The molecule has 0 fully saturated rings. The molecule has 0 saturated heterocycles. The number of nitrogens with zero attached hydrogens (tertiary/aromatic N) is 1. The number of rotatable bonds is 2. The number of benzene rings is 3. The Morgan fingerprint density at radius 1 is 0.682 bits per heavy atom. The van der Waals surface area contributed by atoms with Crippen molar-refractivity contribution in [2.75, 3.05) is 4.90 Å². The van der Waals surface area contributed by atoms with Crippen LogP contribution in [0.25, 0.3) is 10.8 Å². The van der Waals surface area contributed by atoms with Gasteiger partial charge in [0.2, 0.25) is 0 Å². The summed E-state index contributed by atoms with van der Waals surface area (Å²) in [6, 6.07) is 23.8. The molecule has 0 aromatic heterocycles. The smallest absolute Gasteiger partial charge is 0.0495 e. The first-order valence-corrected chi connectivity index (χ1v) is 7.82. The van der Waals surface area contributed by atoms with Gasteiger partial charge in [-0.2, -0.15) is 0 Å². The van der Waals surface area contributed by atoms with Gasteiger partial charge in [0.05, 0.1) is 0 Å². The van der Waals surface area contributed by atoms with E-state index in [1.54, 1.807) is 0 Å². The van der Waals surface area contributed by atoms with Crippen LogP contribution in [0.15, 0.2) is 66.7 Å². The zero-order valence-corrected chi connectivity index (χ0v) is 13.8. The largest absolute Gasteiger partial charge is 0.335 e. The quantitative estimate of drug-likeness (QED) is 0.552. The molecule has 3 aromatic rings. The van der Waals surface area contributed by atoms with Crippen LogP contribution in [0, 0.1) is 6.92 Å². The second-order valence-electron chi connectivity index (χ2n) is 6.79. The Morgan fingerprint density at radius 2 is 1.27 bits per heavy atom. The maximum absolute atomic E-state index is 2.45. The van der Waals surface area contributed by atoms with Gasteiger partial charge in [-0.3, -0.25) is 0 Å². The van der Waals surface area contributed by atoms with Crippen molar-refractivity contribution in [2.24, 2.45) is 0 Å². The molecular formula is C21H23N. The van der Waals surface area contributed by atoms with Crippen molar-refractivity contribution in [1.82, 2.24) is 0 Å². The topological polar surface area (TPSA) is 3.24 Å². The first kappa shape index (κ1) is 14.6. The van der Waals surface area contributed by atoms with Crippen molar-refractivity contribution >= 4 is 22.1 Å².